The highest BCUT2D eigenvalue weighted by molar-refractivity contribution is 9.10. The Morgan fingerprint density at radius 1 is 1.38 bits per heavy atom. The van der Waals surface area contributed by atoms with Gasteiger partial charge in [0.1, 0.15) is 10.4 Å². The minimum atomic E-state index is -0.603. The summed E-state index contributed by atoms with van der Waals surface area (Å²) < 4.78 is 1.50. The smallest absolute Gasteiger partial charge is 0.113 e. The Morgan fingerprint density at radius 2 is 2.12 bits per heavy atom. The van der Waals surface area contributed by atoms with Crippen molar-refractivity contribution in [1.29, 1.82) is 0 Å². The summed E-state index contributed by atoms with van der Waals surface area (Å²) in [4.78, 5) is 0.850. The molecule has 0 saturated carbocycles. The molecule has 2 rings (SSSR count). The van der Waals surface area contributed by atoms with E-state index in [1.807, 2.05) is 37.3 Å². The van der Waals surface area contributed by atoms with Crippen LogP contribution >= 0.6 is 38.9 Å². The number of aliphatic hydroxyl groups excluding tert-OH is 1. The molecule has 1 aromatic heterocycles. The predicted octanol–water partition coefficient (Wildman–Crippen LogP) is 4.55. The summed E-state index contributed by atoms with van der Waals surface area (Å²) >= 11 is 10.7. The number of rotatable bonds is 2. The fraction of sp³-hybridized carbons (Fsp3) is 0.167. The van der Waals surface area contributed by atoms with Crippen LogP contribution in [0.15, 0.2) is 34.8 Å². The van der Waals surface area contributed by atoms with Crippen molar-refractivity contribution in [3.63, 3.8) is 0 Å². The van der Waals surface area contributed by atoms with Crippen LogP contribution in [-0.4, -0.2) is 5.11 Å². The summed E-state index contributed by atoms with van der Waals surface area (Å²) in [6, 6.07) is 9.71. The molecule has 1 heterocycles. The van der Waals surface area contributed by atoms with Gasteiger partial charge in [0.15, 0.2) is 0 Å². The van der Waals surface area contributed by atoms with Gasteiger partial charge in [-0.15, -0.1) is 11.3 Å². The van der Waals surface area contributed by atoms with E-state index in [0.717, 1.165) is 20.5 Å². The number of aliphatic hydroxyl groups is 1. The fourth-order valence-corrected chi connectivity index (χ4v) is 3.25. The molecule has 1 nitrogen and oxygen atoms in total. The number of halogens is 2. The molecular formula is C12H10BrClOS. The second kappa shape index (κ2) is 4.88. The number of hydrogen-bond donors (Lipinski definition) is 1. The Morgan fingerprint density at radius 3 is 2.69 bits per heavy atom. The Hall–Kier alpha value is -0.350. The highest BCUT2D eigenvalue weighted by atomic mass is 79.9. The minimum Gasteiger partial charge on any atom is -0.383 e. The van der Waals surface area contributed by atoms with Gasteiger partial charge in [-0.3, -0.25) is 0 Å². The average Bonchev–Trinajstić information content (AvgIpc) is 2.58. The van der Waals surface area contributed by atoms with Crippen molar-refractivity contribution >= 4 is 38.9 Å². The summed E-state index contributed by atoms with van der Waals surface area (Å²) in [5.74, 6) is 0. The lowest BCUT2D eigenvalue weighted by atomic mass is 10.1. The maximum atomic E-state index is 10.2. The molecule has 1 aromatic carbocycles. The van der Waals surface area contributed by atoms with E-state index in [9.17, 15) is 5.11 Å². The maximum absolute atomic E-state index is 10.2. The van der Waals surface area contributed by atoms with Gasteiger partial charge in [0.05, 0.1) is 0 Å². The Labute approximate surface area is 112 Å². The van der Waals surface area contributed by atoms with Crippen molar-refractivity contribution in [2.45, 2.75) is 13.0 Å². The summed E-state index contributed by atoms with van der Waals surface area (Å²) in [5, 5.41) is 10.2. The molecule has 0 aliphatic heterocycles. The molecule has 1 unspecified atom stereocenters. The molecular weight excluding hydrogens is 308 g/mol. The zero-order valence-electron chi connectivity index (χ0n) is 8.58. The van der Waals surface area contributed by atoms with E-state index in [1.165, 1.54) is 11.3 Å². The number of benzene rings is 1. The van der Waals surface area contributed by atoms with Gasteiger partial charge in [0.2, 0.25) is 0 Å². The first-order chi connectivity index (χ1) is 7.58. The lowest BCUT2D eigenvalue weighted by Crippen LogP contribution is -1.96. The minimum absolute atomic E-state index is 0.603. The summed E-state index contributed by atoms with van der Waals surface area (Å²) in [6.07, 6.45) is -0.603. The zero-order valence-corrected chi connectivity index (χ0v) is 11.7. The fourth-order valence-electron chi connectivity index (χ4n) is 1.50. The van der Waals surface area contributed by atoms with Crippen LogP contribution in [0.4, 0.5) is 0 Å². The first kappa shape index (κ1) is 12.1. The summed E-state index contributed by atoms with van der Waals surface area (Å²) in [5.41, 5.74) is 2.03. The van der Waals surface area contributed by atoms with Gasteiger partial charge in [-0.05, 0) is 34.5 Å². The highest BCUT2D eigenvalue weighted by Crippen LogP contribution is 2.37. The first-order valence-corrected chi connectivity index (χ1v) is 6.76. The normalized spacial score (nSPS) is 12.8. The molecule has 84 valence electrons. The standard InChI is InChI=1S/C12H10BrClOS/c1-7-3-2-4-8(5-7)11(15)10-6-9(13)12(14)16-10/h2-6,11,15H,1H3. The van der Waals surface area contributed by atoms with Gasteiger partial charge in [-0.2, -0.15) is 0 Å². The molecule has 0 fully saturated rings. The van der Waals surface area contributed by atoms with Crippen LogP contribution in [0.2, 0.25) is 4.34 Å². The molecule has 4 heteroatoms. The topological polar surface area (TPSA) is 20.2 Å². The van der Waals surface area contributed by atoms with Gasteiger partial charge in [0.25, 0.3) is 0 Å². The van der Waals surface area contributed by atoms with E-state index >= 15 is 0 Å². The van der Waals surface area contributed by atoms with Gasteiger partial charge in [0, 0.05) is 9.35 Å². The predicted molar refractivity (Wildman–Crippen MR) is 72.3 cm³/mol. The van der Waals surface area contributed by atoms with Crippen LogP contribution in [-0.2, 0) is 0 Å². The molecule has 2 aromatic rings. The highest BCUT2D eigenvalue weighted by Gasteiger charge is 2.15. The molecule has 0 spiro atoms. The Kier molecular flexibility index (Phi) is 3.70. The molecule has 0 aliphatic carbocycles. The lowest BCUT2D eigenvalue weighted by Gasteiger charge is -2.09. The summed E-state index contributed by atoms with van der Waals surface area (Å²) in [6.45, 7) is 2.01. The van der Waals surface area contributed by atoms with E-state index in [1.54, 1.807) is 0 Å². The number of hydrogen-bond acceptors (Lipinski definition) is 2. The van der Waals surface area contributed by atoms with Gasteiger partial charge in [-0.1, -0.05) is 41.4 Å². The van der Waals surface area contributed by atoms with Crippen LogP contribution in [0.25, 0.3) is 0 Å². The van der Waals surface area contributed by atoms with Crippen molar-refractivity contribution in [3.05, 3.63) is 55.1 Å². The van der Waals surface area contributed by atoms with Crippen LogP contribution in [0.3, 0.4) is 0 Å². The second-order valence-corrected chi connectivity index (χ2v) is 6.13. The van der Waals surface area contributed by atoms with Crippen molar-refractivity contribution < 1.29 is 5.11 Å². The van der Waals surface area contributed by atoms with Crippen LogP contribution in [0, 0.1) is 6.92 Å². The largest absolute Gasteiger partial charge is 0.383 e. The third kappa shape index (κ3) is 2.48. The van der Waals surface area contributed by atoms with Gasteiger partial charge in [-0.25, -0.2) is 0 Å². The first-order valence-electron chi connectivity index (χ1n) is 4.77. The van der Waals surface area contributed by atoms with Crippen LogP contribution in [0.1, 0.15) is 22.1 Å². The number of aryl methyl sites for hydroxylation is 1. The van der Waals surface area contributed by atoms with E-state index in [2.05, 4.69) is 15.9 Å². The van der Waals surface area contributed by atoms with E-state index in [4.69, 9.17) is 11.6 Å². The van der Waals surface area contributed by atoms with Crippen molar-refractivity contribution in [1.82, 2.24) is 0 Å². The Bertz CT molecular complexity index is 490. The Balaban J connectivity index is 2.35. The molecule has 0 amide bonds. The molecule has 0 bridgehead atoms. The SMILES string of the molecule is Cc1cccc(C(O)c2cc(Br)c(Cl)s2)c1. The van der Waals surface area contributed by atoms with Crippen LogP contribution in [0.5, 0.6) is 0 Å². The average molecular weight is 318 g/mol. The molecule has 1 N–H and O–H groups in total. The van der Waals surface area contributed by atoms with Gasteiger partial charge >= 0.3 is 0 Å². The van der Waals surface area contributed by atoms with Crippen LogP contribution < -0.4 is 0 Å². The van der Waals surface area contributed by atoms with Gasteiger partial charge < -0.3 is 5.11 Å². The van der Waals surface area contributed by atoms with E-state index < -0.39 is 6.10 Å². The third-order valence-electron chi connectivity index (χ3n) is 2.29. The van der Waals surface area contributed by atoms with Crippen molar-refractivity contribution in [2.75, 3.05) is 0 Å². The molecule has 1 atom stereocenters. The monoisotopic (exact) mass is 316 g/mol. The molecule has 0 aliphatic rings. The molecule has 0 radical (unpaired) electrons. The maximum Gasteiger partial charge on any atom is 0.113 e. The lowest BCUT2D eigenvalue weighted by molar-refractivity contribution is 0.224. The van der Waals surface area contributed by atoms with Crippen molar-refractivity contribution in [3.8, 4) is 0 Å². The quantitative estimate of drug-likeness (QED) is 0.861. The molecule has 0 saturated heterocycles. The third-order valence-corrected chi connectivity index (χ3v) is 4.82. The zero-order chi connectivity index (χ0) is 11.7. The number of thiophene rings is 1. The van der Waals surface area contributed by atoms with Crippen molar-refractivity contribution in [2.24, 2.45) is 0 Å². The van der Waals surface area contributed by atoms with E-state index in [0.29, 0.717) is 4.34 Å². The summed E-state index contributed by atoms with van der Waals surface area (Å²) in [7, 11) is 0. The second-order valence-electron chi connectivity index (χ2n) is 3.59. The van der Waals surface area contributed by atoms with E-state index in [-0.39, 0.29) is 0 Å². The molecule has 16 heavy (non-hydrogen) atoms.